The molecule has 1 aliphatic heterocycles. The van der Waals surface area contributed by atoms with Crippen LogP contribution in [0.25, 0.3) is 6.08 Å². The van der Waals surface area contributed by atoms with E-state index >= 15 is 0 Å². The van der Waals surface area contributed by atoms with Crippen molar-refractivity contribution in [2.45, 2.75) is 31.6 Å². The molecule has 3 rings (SSSR count). The molecule has 0 radical (unpaired) electrons. The third-order valence-corrected chi connectivity index (χ3v) is 7.43. The number of rotatable bonds is 10. The van der Waals surface area contributed by atoms with E-state index in [1.54, 1.807) is 36.4 Å². The van der Waals surface area contributed by atoms with E-state index in [-0.39, 0.29) is 11.8 Å². The lowest BCUT2D eigenvalue weighted by molar-refractivity contribution is -0.116. The number of piperidine rings is 1. The van der Waals surface area contributed by atoms with Crippen LogP contribution in [0.5, 0.6) is 11.5 Å². The first-order valence-electron chi connectivity index (χ1n) is 11.3. The second kappa shape index (κ2) is 11.9. The first-order chi connectivity index (χ1) is 15.9. The van der Waals surface area contributed by atoms with Gasteiger partial charge in [-0.15, -0.1) is 0 Å². The molecular weight excluding hydrogens is 440 g/mol. The summed E-state index contributed by atoms with van der Waals surface area (Å²) in [5.74, 6) is 1.40. The number of carbonyl (C=O) groups excluding carboxylic acids is 1. The number of hydrogen-bond acceptors (Lipinski definition) is 5. The van der Waals surface area contributed by atoms with Crippen molar-refractivity contribution in [1.29, 1.82) is 0 Å². The zero-order valence-corrected chi connectivity index (χ0v) is 20.0. The summed E-state index contributed by atoms with van der Waals surface area (Å²) in [6.45, 7) is 6.34. The molecule has 1 heterocycles. The highest BCUT2D eigenvalue weighted by Crippen LogP contribution is 2.29. The fourth-order valence-electron chi connectivity index (χ4n) is 3.74. The molecule has 0 unspecified atom stereocenters. The van der Waals surface area contributed by atoms with Gasteiger partial charge in [0, 0.05) is 25.7 Å². The number of amides is 1. The maximum atomic E-state index is 12.7. The Morgan fingerprint density at radius 3 is 2.36 bits per heavy atom. The largest absolute Gasteiger partial charge is 0.490 e. The zero-order chi connectivity index (χ0) is 23.7. The van der Waals surface area contributed by atoms with Crippen LogP contribution >= 0.6 is 0 Å². The van der Waals surface area contributed by atoms with Crippen LogP contribution in [0.15, 0.2) is 59.5 Å². The predicted molar refractivity (Wildman–Crippen MR) is 129 cm³/mol. The number of nitrogens with one attached hydrogen (secondary N) is 1. The SMILES string of the molecule is CCOc1ccc(/C=C/C(=O)NCC2CCN(S(=O)(=O)c3ccccc3)CC2)cc1OCC. The molecule has 0 spiro atoms. The molecule has 8 heteroatoms. The maximum Gasteiger partial charge on any atom is 0.244 e. The van der Waals surface area contributed by atoms with E-state index in [0.29, 0.717) is 62.1 Å². The van der Waals surface area contributed by atoms with E-state index in [2.05, 4.69) is 5.32 Å². The van der Waals surface area contributed by atoms with E-state index in [9.17, 15) is 13.2 Å². The maximum absolute atomic E-state index is 12.7. The van der Waals surface area contributed by atoms with Gasteiger partial charge < -0.3 is 14.8 Å². The van der Waals surface area contributed by atoms with E-state index in [0.717, 1.165) is 5.56 Å². The van der Waals surface area contributed by atoms with Gasteiger partial charge in [-0.3, -0.25) is 4.79 Å². The minimum atomic E-state index is -3.46. The van der Waals surface area contributed by atoms with Crippen molar-refractivity contribution in [3.05, 3.63) is 60.2 Å². The van der Waals surface area contributed by atoms with E-state index in [1.165, 1.54) is 10.4 Å². The van der Waals surface area contributed by atoms with Gasteiger partial charge in [-0.2, -0.15) is 4.31 Å². The summed E-state index contributed by atoms with van der Waals surface area (Å²) < 4.78 is 38.2. The first-order valence-corrected chi connectivity index (χ1v) is 12.8. The van der Waals surface area contributed by atoms with Gasteiger partial charge >= 0.3 is 0 Å². The average Bonchev–Trinajstić information content (AvgIpc) is 2.84. The minimum Gasteiger partial charge on any atom is -0.490 e. The molecule has 7 nitrogen and oxygen atoms in total. The quantitative estimate of drug-likeness (QED) is 0.533. The molecule has 2 aromatic rings. The molecular formula is C25H32N2O5S. The van der Waals surface area contributed by atoms with Crippen LogP contribution in [0.3, 0.4) is 0 Å². The van der Waals surface area contributed by atoms with Gasteiger partial charge in [0.05, 0.1) is 18.1 Å². The highest BCUT2D eigenvalue weighted by Gasteiger charge is 2.29. The number of hydrogen-bond donors (Lipinski definition) is 1. The normalized spacial score (nSPS) is 15.5. The highest BCUT2D eigenvalue weighted by atomic mass is 32.2. The van der Waals surface area contributed by atoms with Crippen LogP contribution in [-0.4, -0.2) is 51.5 Å². The minimum absolute atomic E-state index is 0.179. The summed E-state index contributed by atoms with van der Waals surface area (Å²) in [6.07, 6.45) is 4.67. The monoisotopic (exact) mass is 472 g/mol. The smallest absolute Gasteiger partial charge is 0.244 e. The summed E-state index contributed by atoms with van der Waals surface area (Å²) in [7, 11) is -3.46. The lowest BCUT2D eigenvalue weighted by Gasteiger charge is -2.31. The van der Waals surface area contributed by atoms with Crippen molar-refractivity contribution in [2.24, 2.45) is 5.92 Å². The Balaban J connectivity index is 1.48. The summed E-state index contributed by atoms with van der Waals surface area (Å²) >= 11 is 0. The molecule has 1 N–H and O–H groups in total. The van der Waals surface area contributed by atoms with Crippen molar-refractivity contribution in [3.63, 3.8) is 0 Å². The summed E-state index contributed by atoms with van der Waals surface area (Å²) in [5.41, 5.74) is 0.844. The number of nitrogens with zero attached hydrogens (tertiary/aromatic N) is 1. The van der Waals surface area contributed by atoms with Gasteiger partial charge in [0.15, 0.2) is 11.5 Å². The molecule has 178 valence electrons. The molecule has 1 amide bonds. The third kappa shape index (κ3) is 6.82. The van der Waals surface area contributed by atoms with Gasteiger partial charge in [0.1, 0.15) is 0 Å². The van der Waals surface area contributed by atoms with Gasteiger partial charge in [0.2, 0.25) is 15.9 Å². The van der Waals surface area contributed by atoms with Crippen molar-refractivity contribution in [1.82, 2.24) is 9.62 Å². The fraction of sp³-hybridized carbons (Fsp3) is 0.400. The average molecular weight is 473 g/mol. The Bertz CT molecular complexity index is 1050. The van der Waals surface area contributed by atoms with Gasteiger partial charge in [-0.1, -0.05) is 24.3 Å². The lowest BCUT2D eigenvalue weighted by atomic mass is 9.98. The van der Waals surface area contributed by atoms with Crippen LogP contribution in [0.2, 0.25) is 0 Å². The Labute approximate surface area is 196 Å². The first kappa shape index (κ1) is 24.8. The standard InChI is InChI=1S/C25H32N2O5S/c1-3-31-23-12-10-20(18-24(23)32-4-2)11-13-25(28)26-19-21-14-16-27(17-15-21)33(29,30)22-8-6-5-7-9-22/h5-13,18,21H,3-4,14-17,19H2,1-2H3,(H,26,28)/b13-11+. The topological polar surface area (TPSA) is 84.9 Å². The molecule has 0 bridgehead atoms. The Hall–Kier alpha value is -2.84. The van der Waals surface area contributed by atoms with Crippen LogP contribution < -0.4 is 14.8 Å². The predicted octanol–water partition coefficient (Wildman–Crippen LogP) is 3.71. The van der Waals surface area contributed by atoms with E-state index in [1.807, 2.05) is 32.0 Å². The lowest BCUT2D eigenvalue weighted by Crippen LogP contribution is -2.41. The van der Waals surface area contributed by atoms with Crippen molar-refractivity contribution in [3.8, 4) is 11.5 Å². The number of carbonyl (C=O) groups is 1. The van der Waals surface area contributed by atoms with Gasteiger partial charge in [-0.05, 0) is 68.5 Å². The molecule has 1 saturated heterocycles. The van der Waals surface area contributed by atoms with Crippen molar-refractivity contribution < 1.29 is 22.7 Å². The highest BCUT2D eigenvalue weighted by molar-refractivity contribution is 7.89. The molecule has 0 atom stereocenters. The number of sulfonamides is 1. The van der Waals surface area contributed by atoms with Gasteiger partial charge in [-0.25, -0.2) is 8.42 Å². The van der Waals surface area contributed by atoms with Crippen LogP contribution in [-0.2, 0) is 14.8 Å². The second-order valence-corrected chi connectivity index (χ2v) is 9.75. The molecule has 1 fully saturated rings. The van der Waals surface area contributed by atoms with E-state index in [4.69, 9.17) is 9.47 Å². The Kier molecular flexibility index (Phi) is 8.91. The molecule has 33 heavy (non-hydrogen) atoms. The van der Waals surface area contributed by atoms with E-state index < -0.39 is 10.0 Å². The number of ether oxygens (including phenoxy) is 2. The van der Waals surface area contributed by atoms with Crippen molar-refractivity contribution in [2.75, 3.05) is 32.8 Å². The second-order valence-electron chi connectivity index (χ2n) is 7.81. The summed E-state index contributed by atoms with van der Waals surface area (Å²) in [5, 5.41) is 2.93. The molecule has 2 aromatic carbocycles. The fourth-order valence-corrected chi connectivity index (χ4v) is 5.23. The summed E-state index contributed by atoms with van der Waals surface area (Å²) in [6, 6.07) is 14.1. The molecule has 0 aromatic heterocycles. The third-order valence-electron chi connectivity index (χ3n) is 5.51. The molecule has 0 aliphatic carbocycles. The summed E-state index contributed by atoms with van der Waals surface area (Å²) in [4.78, 5) is 12.6. The Morgan fingerprint density at radius 1 is 1.03 bits per heavy atom. The zero-order valence-electron chi connectivity index (χ0n) is 19.2. The molecule has 0 saturated carbocycles. The Morgan fingerprint density at radius 2 is 1.70 bits per heavy atom. The van der Waals surface area contributed by atoms with Crippen molar-refractivity contribution >= 4 is 22.0 Å². The van der Waals surface area contributed by atoms with Gasteiger partial charge in [0.25, 0.3) is 0 Å². The molecule has 1 aliphatic rings. The van der Waals surface area contributed by atoms with Crippen LogP contribution in [0, 0.1) is 5.92 Å². The number of benzene rings is 2. The van der Waals surface area contributed by atoms with Crippen LogP contribution in [0.4, 0.5) is 0 Å². The van der Waals surface area contributed by atoms with Crippen LogP contribution in [0.1, 0.15) is 32.3 Å².